The van der Waals surface area contributed by atoms with Gasteiger partial charge < -0.3 is 10.2 Å². The molecule has 0 radical (unpaired) electrons. The lowest BCUT2D eigenvalue weighted by molar-refractivity contribution is 0.0642. The van der Waals surface area contributed by atoms with Crippen molar-refractivity contribution in [3.05, 3.63) is 65.0 Å². The van der Waals surface area contributed by atoms with Crippen LogP contribution in [0.2, 0.25) is 0 Å². The average Bonchev–Trinajstić information content (AvgIpc) is 3.19. The van der Waals surface area contributed by atoms with Gasteiger partial charge in [0, 0.05) is 43.1 Å². The van der Waals surface area contributed by atoms with Gasteiger partial charge >= 0.3 is 0 Å². The Morgan fingerprint density at radius 3 is 2.45 bits per heavy atom. The number of nitrogens with one attached hydrogen (secondary N) is 1. The highest BCUT2D eigenvalue weighted by Gasteiger charge is 2.37. The van der Waals surface area contributed by atoms with Crippen LogP contribution in [0.3, 0.4) is 0 Å². The molecule has 0 spiro atoms. The minimum atomic E-state index is -0.354. The average molecular weight is 463 g/mol. The Kier molecular flexibility index (Phi) is 6.99. The van der Waals surface area contributed by atoms with Crippen molar-refractivity contribution in [2.45, 2.75) is 37.9 Å². The molecule has 0 aliphatic carbocycles. The number of fused-ring (bicyclic) bond motifs is 3. The van der Waals surface area contributed by atoms with Gasteiger partial charge in [-0.05, 0) is 55.2 Å². The van der Waals surface area contributed by atoms with E-state index in [2.05, 4.69) is 10.3 Å². The summed E-state index contributed by atoms with van der Waals surface area (Å²) in [6.07, 6.45) is 6.48. The van der Waals surface area contributed by atoms with Crippen molar-refractivity contribution in [1.29, 1.82) is 0 Å². The topological polar surface area (TPSA) is 82.6 Å². The lowest BCUT2D eigenvalue weighted by Crippen LogP contribution is -2.39. The second kappa shape index (κ2) is 9.34. The minimum Gasteiger partial charge on any atom is -0.337 e. The molecule has 2 saturated heterocycles. The molecule has 3 aliphatic heterocycles. The van der Waals surface area contributed by atoms with E-state index in [1.807, 2.05) is 4.90 Å². The van der Waals surface area contributed by atoms with Gasteiger partial charge in [-0.25, -0.2) is 0 Å². The van der Waals surface area contributed by atoms with Gasteiger partial charge in [-0.1, -0.05) is 0 Å². The molecule has 0 saturated carbocycles. The first-order chi connectivity index (χ1) is 14.1. The Bertz CT molecular complexity index is 1000. The predicted molar refractivity (Wildman–Crippen MR) is 120 cm³/mol. The SMILES string of the molecule is Cl.Cl.O=C(c1ccc2c(c1)C(=O)N(Cc1ccncc1)C2=O)N1CCC2CCC(C1)N2. The number of amides is 3. The normalized spacial score (nSPS) is 21.8. The summed E-state index contributed by atoms with van der Waals surface area (Å²) in [5, 5.41) is 3.57. The van der Waals surface area contributed by atoms with Crippen LogP contribution < -0.4 is 5.32 Å². The van der Waals surface area contributed by atoms with Crippen molar-refractivity contribution >= 4 is 42.5 Å². The molecule has 7 nitrogen and oxygen atoms in total. The molecule has 9 heteroatoms. The molecule has 2 atom stereocenters. The van der Waals surface area contributed by atoms with E-state index in [9.17, 15) is 14.4 Å². The van der Waals surface area contributed by atoms with Crippen LogP contribution in [-0.2, 0) is 6.54 Å². The van der Waals surface area contributed by atoms with Crippen molar-refractivity contribution in [1.82, 2.24) is 20.1 Å². The van der Waals surface area contributed by atoms with Crippen LogP contribution in [-0.4, -0.2) is 57.7 Å². The zero-order valence-electron chi connectivity index (χ0n) is 16.8. The van der Waals surface area contributed by atoms with Gasteiger partial charge in [-0.2, -0.15) is 0 Å². The number of nitrogens with zero attached hydrogens (tertiary/aromatic N) is 3. The number of carbonyl (C=O) groups is 3. The molecular weight excluding hydrogens is 439 g/mol. The Morgan fingerprint density at radius 1 is 0.968 bits per heavy atom. The first-order valence-corrected chi connectivity index (χ1v) is 10.0. The van der Waals surface area contributed by atoms with Crippen LogP contribution >= 0.6 is 24.8 Å². The predicted octanol–water partition coefficient (Wildman–Crippen LogP) is 2.69. The molecule has 3 aliphatic rings. The lowest BCUT2D eigenvalue weighted by Gasteiger charge is -2.24. The maximum absolute atomic E-state index is 13.1. The molecule has 4 heterocycles. The molecule has 164 valence electrons. The molecule has 2 unspecified atom stereocenters. The third-order valence-corrected chi connectivity index (χ3v) is 6.12. The molecule has 2 bridgehead atoms. The Hall–Kier alpha value is -2.48. The second-order valence-electron chi connectivity index (χ2n) is 7.99. The molecule has 1 aromatic heterocycles. The highest BCUT2D eigenvalue weighted by molar-refractivity contribution is 6.22. The number of hydrogen-bond acceptors (Lipinski definition) is 5. The number of pyridine rings is 1. The third kappa shape index (κ3) is 4.31. The molecule has 2 aromatic rings. The maximum Gasteiger partial charge on any atom is 0.261 e. The number of benzene rings is 1. The van der Waals surface area contributed by atoms with Crippen molar-refractivity contribution in [2.24, 2.45) is 0 Å². The Labute approximate surface area is 193 Å². The van der Waals surface area contributed by atoms with Gasteiger partial charge in [0.05, 0.1) is 17.7 Å². The fourth-order valence-corrected chi connectivity index (χ4v) is 4.55. The van der Waals surface area contributed by atoms with Crippen molar-refractivity contribution < 1.29 is 14.4 Å². The summed E-state index contributed by atoms with van der Waals surface area (Å²) < 4.78 is 0. The smallest absolute Gasteiger partial charge is 0.261 e. The van der Waals surface area contributed by atoms with Gasteiger partial charge in [-0.15, -0.1) is 24.8 Å². The molecule has 5 rings (SSSR count). The van der Waals surface area contributed by atoms with Gasteiger partial charge in [0.1, 0.15) is 0 Å². The van der Waals surface area contributed by atoms with Crippen LogP contribution in [0.15, 0.2) is 42.7 Å². The van der Waals surface area contributed by atoms with Crippen LogP contribution in [0, 0.1) is 0 Å². The van der Waals surface area contributed by atoms with E-state index in [0.29, 0.717) is 41.9 Å². The van der Waals surface area contributed by atoms with Gasteiger partial charge in [0.15, 0.2) is 0 Å². The number of aromatic nitrogens is 1. The van der Waals surface area contributed by atoms with Crippen LogP contribution in [0.25, 0.3) is 0 Å². The highest BCUT2D eigenvalue weighted by Crippen LogP contribution is 2.27. The first kappa shape index (κ1) is 23.2. The van der Waals surface area contributed by atoms with Crippen LogP contribution in [0.4, 0.5) is 0 Å². The molecule has 31 heavy (non-hydrogen) atoms. The highest BCUT2D eigenvalue weighted by atomic mass is 35.5. The summed E-state index contributed by atoms with van der Waals surface area (Å²) in [5.74, 6) is -0.750. The molecule has 1 aromatic carbocycles. The summed E-state index contributed by atoms with van der Waals surface area (Å²) >= 11 is 0. The van der Waals surface area contributed by atoms with Crippen LogP contribution in [0.1, 0.15) is 55.9 Å². The zero-order valence-corrected chi connectivity index (χ0v) is 18.5. The zero-order chi connectivity index (χ0) is 20.0. The number of rotatable bonds is 3. The summed E-state index contributed by atoms with van der Waals surface area (Å²) in [4.78, 5) is 45.7. The first-order valence-electron chi connectivity index (χ1n) is 10.0. The maximum atomic E-state index is 13.1. The van der Waals surface area contributed by atoms with E-state index in [1.54, 1.807) is 42.7 Å². The van der Waals surface area contributed by atoms with E-state index in [1.165, 1.54) is 11.3 Å². The monoisotopic (exact) mass is 462 g/mol. The number of halogens is 2. The van der Waals surface area contributed by atoms with E-state index >= 15 is 0 Å². The Morgan fingerprint density at radius 2 is 1.68 bits per heavy atom. The number of carbonyl (C=O) groups excluding carboxylic acids is 3. The summed E-state index contributed by atoms with van der Waals surface area (Å²) in [7, 11) is 0. The lowest BCUT2D eigenvalue weighted by atomic mass is 10.0. The van der Waals surface area contributed by atoms with E-state index < -0.39 is 0 Å². The summed E-state index contributed by atoms with van der Waals surface area (Å²) in [6.45, 7) is 1.59. The molecule has 2 fully saturated rings. The molecular formula is C22H24Cl2N4O3. The fraction of sp³-hybridized carbons (Fsp3) is 0.364. The largest absolute Gasteiger partial charge is 0.337 e. The van der Waals surface area contributed by atoms with E-state index in [-0.39, 0.29) is 49.1 Å². The van der Waals surface area contributed by atoms with Gasteiger partial charge in [0.2, 0.25) is 0 Å². The summed E-state index contributed by atoms with van der Waals surface area (Å²) in [6, 6.07) is 9.26. The third-order valence-electron chi connectivity index (χ3n) is 6.12. The van der Waals surface area contributed by atoms with Gasteiger partial charge in [-0.3, -0.25) is 24.3 Å². The van der Waals surface area contributed by atoms with Crippen LogP contribution in [0.5, 0.6) is 0 Å². The summed E-state index contributed by atoms with van der Waals surface area (Å²) in [5.41, 5.74) is 1.97. The molecule has 3 amide bonds. The standard InChI is InChI=1S/C22H22N4O3.2ClH/c27-20(25-10-7-16-2-3-17(13-25)24-16)15-1-4-18-19(11-15)22(29)26(21(18)28)12-14-5-8-23-9-6-14;;/h1,4-6,8-9,11,16-17,24H,2-3,7,10,12-13H2;2*1H. The van der Waals surface area contributed by atoms with Gasteiger partial charge in [0.25, 0.3) is 17.7 Å². The van der Waals surface area contributed by atoms with E-state index in [4.69, 9.17) is 0 Å². The second-order valence-corrected chi connectivity index (χ2v) is 7.99. The number of likely N-dealkylation sites (tertiary alicyclic amines) is 1. The quantitative estimate of drug-likeness (QED) is 0.708. The Balaban J connectivity index is 0.00000136. The number of hydrogen-bond donors (Lipinski definition) is 1. The van der Waals surface area contributed by atoms with Crippen molar-refractivity contribution in [2.75, 3.05) is 13.1 Å². The number of imide groups is 1. The van der Waals surface area contributed by atoms with E-state index in [0.717, 1.165) is 18.4 Å². The van der Waals surface area contributed by atoms with Crippen molar-refractivity contribution in [3.63, 3.8) is 0 Å². The molecule has 1 N–H and O–H groups in total. The van der Waals surface area contributed by atoms with Crippen molar-refractivity contribution in [3.8, 4) is 0 Å². The minimum absolute atomic E-state index is 0. The fourth-order valence-electron chi connectivity index (χ4n) is 4.55.